The maximum Gasteiger partial charge on any atom is 0.337 e. The predicted molar refractivity (Wildman–Crippen MR) is 122 cm³/mol. The molecule has 7 nitrogen and oxygen atoms in total. The average Bonchev–Trinajstić information content (AvgIpc) is 2.78. The number of aliphatic hydroxyl groups is 5. The first-order chi connectivity index (χ1) is 15.0. The van der Waals surface area contributed by atoms with Crippen LogP contribution >= 0.6 is 0 Å². The highest BCUT2D eigenvalue weighted by molar-refractivity contribution is 5.75. The second-order valence-electron chi connectivity index (χ2n) is 8.65. The van der Waals surface area contributed by atoms with E-state index in [9.17, 15) is 25.2 Å². The van der Waals surface area contributed by atoms with E-state index in [2.05, 4.69) is 6.92 Å². The zero-order valence-corrected chi connectivity index (χ0v) is 19.6. The van der Waals surface area contributed by atoms with Crippen molar-refractivity contribution >= 4 is 5.97 Å². The smallest absolute Gasteiger partial charge is 0.337 e. The first kappa shape index (κ1) is 30.3. The van der Waals surface area contributed by atoms with Crippen LogP contribution in [-0.4, -0.2) is 69.1 Å². The highest BCUT2D eigenvalue weighted by Crippen LogP contribution is 2.14. The molecule has 0 rings (SSSR count). The molecule has 0 bridgehead atoms. The first-order valence-electron chi connectivity index (χ1n) is 12.4. The summed E-state index contributed by atoms with van der Waals surface area (Å²) in [5, 5.41) is 46.7. The standard InChI is InChI=1S/C24H48O7/c1-2-3-4-5-6-7-8-9-10-11-12-13-14-15-16-17-18-31-24(30)23(29)22(28)21(27)20(26)19-25/h20-23,25-29H,2-19H2,1H3. The SMILES string of the molecule is CCCCCCCCCCCCCCCCCCOC(=O)C(O)C(O)C(O)C(O)CO. The molecule has 0 aromatic rings. The van der Waals surface area contributed by atoms with Crippen LogP contribution in [0, 0.1) is 0 Å². The van der Waals surface area contributed by atoms with Crippen LogP contribution in [0.1, 0.15) is 110 Å². The summed E-state index contributed by atoms with van der Waals surface area (Å²) < 4.78 is 4.90. The molecule has 0 spiro atoms. The highest BCUT2D eigenvalue weighted by atomic mass is 16.5. The van der Waals surface area contributed by atoms with Crippen molar-refractivity contribution in [2.24, 2.45) is 0 Å². The summed E-state index contributed by atoms with van der Waals surface area (Å²) >= 11 is 0. The number of hydrogen-bond donors (Lipinski definition) is 5. The summed E-state index contributed by atoms with van der Waals surface area (Å²) in [6.45, 7) is 1.60. The molecule has 0 saturated carbocycles. The number of aliphatic hydroxyl groups excluding tert-OH is 5. The molecule has 0 aromatic carbocycles. The van der Waals surface area contributed by atoms with Gasteiger partial charge in [-0.15, -0.1) is 0 Å². The molecule has 0 aromatic heterocycles. The molecule has 31 heavy (non-hydrogen) atoms. The van der Waals surface area contributed by atoms with Crippen LogP contribution in [0.3, 0.4) is 0 Å². The fourth-order valence-corrected chi connectivity index (χ4v) is 3.57. The van der Waals surface area contributed by atoms with Gasteiger partial charge in [0.1, 0.15) is 18.3 Å². The maximum absolute atomic E-state index is 11.7. The van der Waals surface area contributed by atoms with Gasteiger partial charge in [0.25, 0.3) is 0 Å². The molecule has 0 fully saturated rings. The Labute approximate surface area is 188 Å². The van der Waals surface area contributed by atoms with Crippen molar-refractivity contribution in [1.29, 1.82) is 0 Å². The molecule has 186 valence electrons. The minimum Gasteiger partial charge on any atom is -0.464 e. The van der Waals surface area contributed by atoms with Gasteiger partial charge in [-0.3, -0.25) is 0 Å². The van der Waals surface area contributed by atoms with Crippen molar-refractivity contribution < 1.29 is 35.1 Å². The van der Waals surface area contributed by atoms with Gasteiger partial charge in [0.05, 0.1) is 13.2 Å². The van der Waals surface area contributed by atoms with Gasteiger partial charge >= 0.3 is 5.97 Å². The molecular weight excluding hydrogens is 400 g/mol. The van der Waals surface area contributed by atoms with Crippen LogP contribution in [0.15, 0.2) is 0 Å². The van der Waals surface area contributed by atoms with E-state index >= 15 is 0 Å². The summed E-state index contributed by atoms with van der Waals surface area (Å²) in [5.41, 5.74) is 0. The van der Waals surface area contributed by atoms with Crippen molar-refractivity contribution in [3.63, 3.8) is 0 Å². The monoisotopic (exact) mass is 448 g/mol. The molecule has 0 aliphatic heterocycles. The lowest BCUT2D eigenvalue weighted by Crippen LogP contribution is -2.49. The van der Waals surface area contributed by atoms with Crippen LogP contribution < -0.4 is 0 Å². The molecule has 0 saturated heterocycles. The minimum atomic E-state index is -1.96. The van der Waals surface area contributed by atoms with Crippen LogP contribution in [-0.2, 0) is 9.53 Å². The third-order valence-corrected chi connectivity index (χ3v) is 5.74. The number of hydrogen-bond acceptors (Lipinski definition) is 7. The summed E-state index contributed by atoms with van der Waals surface area (Å²) in [7, 11) is 0. The Bertz CT molecular complexity index is 405. The average molecular weight is 449 g/mol. The third kappa shape index (κ3) is 16.5. The Hall–Kier alpha value is -0.730. The van der Waals surface area contributed by atoms with E-state index in [4.69, 9.17) is 9.84 Å². The van der Waals surface area contributed by atoms with Gasteiger partial charge in [-0.05, 0) is 6.42 Å². The van der Waals surface area contributed by atoms with Crippen LogP contribution in [0.4, 0.5) is 0 Å². The van der Waals surface area contributed by atoms with Crippen LogP contribution in [0.2, 0.25) is 0 Å². The lowest BCUT2D eigenvalue weighted by Gasteiger charge is -2.24. The fourth-order valence-electron chi connectivity index (χ4n) is 3.57. The maximum atomic E-state index is 11.7. The van der Waals surface area contributed by atoms with Gasteiger partial charge in [-0.1, -0.05) is 103 Å². The highest BCUT2D eigenvalue weighted by Gasteiger charge is 2.35. The molecule has 5 N–H and O–H groups in total. The van der Waals surface area contributed by atoms with Gasteiger partial charge in [-0.25, -0.2) is 4.79 Å². The normalized spacial score (nSPS) is 15.4. The summed E-state index contributed by atoms with van der Waals surface area (Å²) in [5.74, 6) is -1.04. The molecule has 0 heterocycles. The van der Waals surface area contributed by atoms with Crippen molar-refractivity contribution in [3.05, 3.63) is 0 Å². The Balaban J connectivity index is 3.45. The molecule has 0 radical (unpaired) electrons. The molecule has 0 aliphatic rings. The Morgan fingerprint density at radius 1 is 0.645 bits per heavy atom. The molecule has 4 unspecified atom stereocenters. The van der Waals surface area contributed by atoms with Gasteiger partial charge in [0.15, 0.2) is 6.10 Å². The topological polar surface area (TPSA) is 127 Å². The van der Waals surface area contributed by atoms with Crippen molar-refractivity contribution in [1.82, 2.24) is 0 Å². The minimum absolute atomic E-state index is 0.139. The van der Waals surface area contributed by atoms with Crippen LogP contribution in [0.5, 0.6) is 0 Å². The number of carbonyl (C=O) groups excluding carboxylic acids is 1. The van der Waals surface area contributed by atoms with E-state index in [-0.39, 0.29) is 6.61 Å². The number of ether oxygens (including phenoxy) is 1. The van der Waals surface area contributed by atoms with E-state index < -0.39 is 37.0 Å². The molecule has 0 amide bonds. The second kappa shape index (κ2) is 21.1. The van der Waals surface area contributed by atoms with E-state index in [1.165, 1.54) is 77.0 Å². The fraction of sp³-hybridized carbons (Fsp3) is 0.958. The van der Waals surface area contributed by atoms with Crippen molar-refractivity contribution in [2.45, 2.75) is 134 Å². The van der Waals surface area contributed by atoms with E-state index in [0.29, 0.717) is 6.42 Å². The lowest BCUT2D eigenvalue weighted by molar-refractivity contribution is -0.170. The Morgan fingerprint density at radius 2 is 1.03 bits per heavy atom. The lowest BCUT2D eigenvalue weighted by atomic mass is 10.0. The third-order valence-electron chi connectivity index (χ3n) is 5.74. The van der Waals surface area contributed by atoms with E-state index in [1.54, 1.807) is 0 Å². The zero-order chi connectivity index (χ0) is 23.3. The first-order valence-corrected chi connectivity index (χ1v) is 12.4. The number of unbranched alkanes of at least 4 members (excludes halogenated alkanes) is 15. The number of rotatable bonds is 22. The molecule has 7 heteroatoms. The van der Waals surface area contributed by atoms with Gasteiger partial charge in [0, 0.05) is 0 Å². The second-order valence-corrected chi connectivity index (χ2v) is 8.65. The van der Waals surface area contributed by atoms with E-state index in [1.807, 2.05) is 0 Å². The van der Waals surface area contributed by atoms with E-state index in [0.717, 1.165) is 19.3 Å². The van der Waals surface area contributed by atoms with Gasteiger partial charge < -0.3 is 30.3 Å². The summed E-state index contributed by atoms with van der Waals surface area (Å²) in [4.78, 5) is 11.7. The number of carbonyl (C=O) groups is 1. The van der Waals surface area contributed by atoms with Gasteiger partial charge in [-0.2, -0.15) is 0 Å². The van der Waals surface area contributed by atoms with Crippen LogP contribution in [0.25, 0.3) is 0 Å². The molecule has 0 aliphatic carbocycles. The predicted octanol–water partition coefficient (Wildman–Crippen LogP) is 3.23. The van der Waals surface area contributed by atoms with Crippen molar-refractivity contribution in [2.75, 3.05) is 13.2 Å². The summed E-state index contributed by atoms with van der Waals surface area (Å²) in [6, 6.07) is 0. The summed E-state index contributed by atoms with van der Waals surface area (Å²) in [6.07, 6.45) is 12.6. The Morgan fingerprint density at radius 3 is 1.42 bits per heavy atom. The molecule has 4 atom stereocenters. The Kier molecular flexibility index (Phi) is 20.6. The quantitative estimate of drug-likeness (QED) is 0.127. The number of esters is 1. The van der Waals surface area contributed by atoms with Gasteiger partial charge in [0.2, 0.25) is 0 Å². The molecular formula is C24H48O7. The van der Waals surface area contributed by atoms with Crippen molar-refractivity contribution in [3.8, 4) is 0 Å². The zero-order valence-electron chi connectivity index (χ0n) is 19.6. The largest absolute Gasteiger partial charge is 0.464 e.